The Hall–Kier alpha value is -8.03. The normalized spacial score (nSPS) is 11.1. The Morgan fingerprint density at radius 3 is 0.645 bits per heavy atom. The summed E-state index contributed by atoms with van der Waals surface area (Å²) in [5.41, 5.74) is 12.8. The molecule has 9 rings (SSSR count). The smallest absolute Gasteiger partial charge is 0.406 e. The number of ether oxygens (including phenoxy) is 1. The van der Waals surface area contributed by atoms with Crippen LogP contribution in [-0.2, 0) is 0 Å². The van der Waals surface area contributed by atoms with Crippen LogP contribution in [0.5, 0.6) is 5.75 Å². The summed E-state index contributed by atoms with van der Waals surface area (Å²) in [6.45, 7) is 0. The zero-order valence-electron chi connectivity index (χ0n) is 33.5. The predicted octanol–water partition coefficient (Wildman–Crippen LogP) is 16.3. The van der Waals surface area contributed by atoms with E-state index in [9.17, 15) is 13.2 Å². The molecule has 0 aromatic heterocycles. The van der Waals surface area contributed by atoms with E-state index in [0.29, 0.717) is 5.69 Å². The van der Waals surface area contributed by atoms with Gasteiger partial charge in [0.2, 0.25) is 0 Å². The van der Waals surface area contributed by atoms with Gasteiger partial charge in [0.15, 0.2) is 0 Å². The minimum absolute atomic E-state index is 0.282. The first kappa shape index (κ1) is 39.4. The van der Waals surface area contributed by atoms with Crippen LogP contribution in [0.1, 0.15) is 0 Å². The molecule has 0 N–H and O–H groups in total. The average molecular weight is 816 g/mol. The topological polar surface area (TPSA) is 19.0 Å². The summed E-state index contributed by atoms with van der Waals surface area (Å²) in [7, 11) is 0. The van der Waals surface area contributed by atoms with Crippen molar-refractivity contribution in [2.45, 2.75) is 6.36 Å². The molecule has 0 bridgehead atoms. The van der Waals surface area contributed by atoms with Crippen LogP contribution >= 0.6 is 0 Å². The van der Waals surface area contributed by atoms with Crippen molar-refractivity contribution in [2.75, 3.05) is 14.7 Å². The van der Waals surface area contributed by atoms with E-state index in [1.807, 2.05) is 102 Å². The average Bonchev–Trinajstić information content (AvgIpc) is 3.32. The Balaban J connectivity index is 1.00. The molecule has 7 heteroatoms. The number of halogens is 3. The molecule has 0 aliphatic carbocycles. The molecule has 9 aromatic carbocycles. The summed E-state index contributed by atoms with van der Waals surface area (Å²) < 4.78 is 43.4. The molecule has 0 unspecified atom stereocenters. The van der Waals surface area contributed by atoms with Crippen molar-refractivity contribution in [1.82, 2.24) is 0 Å². The zero-order chi connectivity index (χ0) is 42.3. The maximum absolute atomic E-state index is 13.1. The molecular weight excluding hydrogens is 776 g/mol. The molecule has 0 saturated carbocycles. The molecule has 0 saturated heterocycles. The molecule has 62 heavy (non-hydrogen) atoms. The molecule has 0 amide bonds. The third kappa shape index (κ3) is 8.93. The fraction of sp³-hybridized carbons (Fsp3) is 0.0182. The molecule has 0 atom stereocenters. The first-order valence-corrected chi connectivity index (χ1v) is 20.2. The first-order valence-electron chi connectivity index (χ1n) is 20.2. The van der Waals surface area contributed by atoms with E-state index < -0.39 is 6.36 Å². The number of para-hydroxylation sites is 4. The molecule has 0 radical (unpaired) electrons. The highest BCUT2D eigenvalue weighted by atomic mass is 19.4. The molecule has 0 spiro atoms. The fourth-order valence-electron chi connectivity index (χ4n) is 7.66. The zero-order valence-corrected chi connectivity index (χ0v) is 33.5. The molecule has 4 nitrogen and oxygen atoms in total. The molecule has 9 aromatic rings. The van der Waals surface area contributed by atoms with Gasteiger partial charge in [-0.15, -0.1) is 13.2 Å². The highest BCUT2D eigenvalue weighted by Crippen LogP contribution is 2.40. The third-order valence-electron chi connectivity index (χ3n) is 10.6. The summed E-state index contributed by atoms with van der Waals surface area (Å²) in [6.07, 6.45) is -4.79. The fourth-order valence-corrected chi connectivity index (χ4v) is 7.66. The van der Waals surface area contributed by atoms with Gasteiger partial charge in [0.1, 0.15) is 5.75 Å². The Bertz CT molecular complexity index is 2550. The molecule has 0 aliphatic heterocycles. The summed E-state index contributed by atoms with van der Waals surface area (Å²) >= 11 is 0. The van der Waals surface area contributed by atoms with Crippen molar-refractivity contribution in [3.05, 3.63) is 243 Å². The van der Waals surface area contributed by atoms with Gasteiger partial charge in [0.05, 0.1) is 0 Å². The number of rotatable bonds is 12. The lowest BCUT2D eigenvalue weighted by molar-refractivity contribution is -0.274. The largest absolute Gasteiger partial charge is 0.573 e. The lowest BCUT2D eigenvalue weighted by Crippen LogP contribution is -2.17. The van der Waals surface area contributed by atoms with E-state index in [1.165, 1.54) is 12.1 Å². The quantitative estimate of drug-likeness (QED) is 0.122. The molecule has 0 heterocycles. The monoisotopic (exact) mass is 815 g/mol. The van der Waals surface area contributed by atoms with Crippen molar-refractivity contribution in [3.8, 4) is 28.0 Å². The number of anilines is 9. The van der Waals surface area contributed by atoms with Gasteiger partial charge in [-0.25, -0.2) is 0 Å². The van der Waals surface area contributed by atoms with Crippen LogP contribution in [0.2, 0.25) is 0 Å². The second-order valence-electron chi connectivity index (χ2n) is 14.6. The summed E-state index contributed by atoms with van der Waals surface area (Å²) in [4.78, 5) is 6.47. The third-order valence-corrected chi connectivity index (χ3v) is 10.6. The Labute approximate surface area is 359 Å². The molecular formula is C55H40F3N3O. The number of hydrogen-bond acceptors (Lipinski definition) is 4. The van der Waals surface area contributed by atoms with Crippen molar-refractivity contribution in [2.24, 2.45) is 0 Å². The Kier molecular flexibility index (Phi) is 11.2. The second kappa shape index (κ2) is 17.7. The predicted molar refractivity (Wildman–Crippen MR) is 248 cm³/mol. The van der Waals surface area contributed by atoms with E-state index in [4.69, 9.17) is 0 Å². The summed E-state index contributed by atoms with van der Waals surface area (Å²) in [5, 5.41) is 0. The minimum atomic E-state index is -4.79. The van der Waals surface area contributed by atoms with Crippen LogP contribution < -0.4 is 19.4 Å². The van der Waals surface area contributed by atoms with Crippen LogP contribution in [0.25, 0.3) is 22.3 Å². The summed E-state index contributed by atoms with van der Waals surface area (Å²) in [6, 6.07) is 80.4. The van der Waals surface area contributed by atoms with Gasteiger partial charge in [0, 0.05) is 51.2 Å². The van der Waals surface area contributed by atoms with Crippen LogP contribution in [0, 0.1) is 0 Å². The van der Waals surface area contributed by atoms with E-state index in [2.05, 4.69) is 136 Å². The van der Waals surface area contributed by atoms with Crippen molar-refractivity contribution in [1.29, 1.82) is 0 Å². The van der Waals surface area contributed by atoms with E-state index in [1.54, 1.807) is 12.1 Å². The maximum atomic E-state index is 13.1. The lowest BCUT2D eigenvalue weighted by Gasteiger charge is -2.26. The molecule has 302 valence electrons. The highest BCUT2D eigenvalue weighted by Gasteiger charge is 2.31. The van der Waals surface area contributed by atoms with Gasteiger partial charge in [-0.1, -0.05) is 121 Å². The van der Waals surface area contributed by atoms with Gasteiger partial charge < -0.3 is 19.4 Å². The van der Waals surface area contributed by atoms with E-state index in [0.717, 1.165) is 67.8 Å². The van der Waals surface area contributed by atoms with Crippen molar-refractivity contribution >= 4 is 51.2 Å². The molecule has 0 fully saturated rings. The van der Waals surface area contributed by atoms with E-state index >= 15 is 0 Å². The van der Waals surface area contributed by atoms with Gasteiger partial charge >= 0.3 is 6.36 Å². The number of hydrogen-bond donors (Lipinski definition) is 0. The van der Waals surface area contributed by atoms with Gasteiger partial charge in [-0.2, -0.15) is 0 Å². The SMILES string of the molecule is FC(F)(F)Oc1ccc(N(c2ccc(-c3ccc(N(c4ccccc4)c4ccccc4)cc3)cc2)c2ccc(-c3ccc(N(c4ccccc4)c4ccccc4)cc3)cc2)cc1. The lowest BCUT2D eigenvalue weighted by atomic mass is 10.0. The number of benzene rings is 9. The van der Waals surface area contributed by atoms with Crippen LogP contribution in [-0.4, -0.2) is 6.36 Å². The van der Waals surface area contributed by atoms with Gasteiger partial charge in [-0.05, 0) is 144 Å². The van der Waals surface area contributed by atoms with E-state index in [-0.39, 0.29) is 5.75 Å². The summed E-state index contributed by atoms with van der Waals surface area (Å²) in [5.74, 6) is -0.282. The van der Waals surface area contributed by atoms with Crippen molar-refractivity contribution < 1.29 is 17.9 Å². The van der Waals surface area contributed by atoms with Gasteiger partial charge in [0.25, 0.3) is 0 Å². The van der Waals surface area contributed by atoms with Crippen molar-refractivity contribution in [3.63, 3.8) is 0 Å². The number of alkyl halides is 3. The van der Waals surface area contributed by atoms with Crippen LogP contribution in [0.15, 0.2) is 243 Å². The highest BCUT2D eigenvalue weighted by molar-refractivity contribution is 5.83. The molecule has 0 aliphatic rings. The first-order chi connectivity index (χ1) is 30.4. The minimum Gasteiger partial charge on any atom is -0.406 e. The number of nitrogens with zero attached hydrogens (tertiary/aromatic N) is 3. The van der Waals surface area contributed by atoms with Crippen LogP contribution in [0.4, 0.5) is 64.4 Å². The Morgan fingerprint density at radius 1 is 0.242 bits per heavy atom. The Morgan fingerprint density at radius 2 is 0.435 bits per heavy atom. The van der Waals surface area contributed by atoms with Gasteiger partial charge in [-0.3, -0.25) is 0 Å². The maximum Gasteiger partial charge on any atom is 0.573 e. The standard InChI is InChI=1S/C55H40F3N3O/c56-55(57,58)62-54-39-37-53(38-40-54)61(51-33-25-43(26-34-51)41-21-29-49(30-22-41)59(45-13-5-1-6-14-45)46-15-7-2-8-16-46)52-35-27-44(28-36-52)42-23-31-50(32-24-42)60(47-17-9-3-10-18-47)48-19-11-4-12-20-48/h1-40H. The van der Waals surface area contributed by atoms with Crippen LogP contribution in [0.3, 0.4) is 0 Å². The second-order valence-corrected chi connectivity index (χ2v) is 14.6.